The maximum Gasteiger partial charge on any atom is 0.257 e. The van der Waals surface area contributed by atoms with Crippen LogP contribution in [0.2, 0.25) is 0 Å². The summed E-state index contributed by atoms with van der Waals surface area (Å²) in [6, 6.07) is 0. The number of carbonyl (C=O) groups excluding carboxylic acids is 1. The van der Waals surface area contributed by atoms with Gasteiger partial charge in [-0.15, -0.1) is 0 Å². The Bertz CT molecular complexity index is 786. The lowest BCUT2D eigenvalue weighted by Gasteiger charge is -2.32. The number of sulfonamides is 1. The average Bonchev–Trinajstić information content (AvgIpc) is 2.87. The quantitative estimate of drug-likeness (QED) is 0.788. The Morgan fingerprint density at radius 2 is 1.42 bits per heavy atom. The van der Waals surface area contributed by atoms with Gasteiger partial charge in [-0.2, -0.15) is 4.31 Å². The summed E-state index contributed by atoms with van der Waals surface area (Å²) in [6.45, 7) is 7.39. The summed E-state index contributed by atoms with van der Waals surface area (Å²) in [7, 11) is 0.133. The van der Waals surface area contributed by atoms with Crippen LogP contribution in [0.3, 0.4) is 0 Å². The van der Waals surface area contributed by atoms with E-state index in [0.717, 1.165) is 25.0 Å². The third kappa shape index (κ3) is 3.30. The first-order chi connectivity index (χ1) is 12.2. The van der Waals surface area contributed by atoms with Crippen molar-refractivity contribution in [2.24, 2.45) is 7.05 Å². The first kappa shape index (κ1) is 19.4. The van der Waals surface area contributed by atoms with Crippen molar-refractivity contribution in [3.63, 3.8) is 0 Å². The lowest BCUT2D eigenvalue weighted by molar-refractivity contribution is 0.0719. The highest BCUT2D eigenvalue weighted by molar-refractivity contribution is 7.89. The van der Waals surface area contributed by atoms with E-state index in [4.69, 9.17) is 0 Å². The molecule has 2 aliphatic rings. The van der Waals surface area contributed by atoms with Crippen LogP contribution >= 0.6 is 0 Å². The normalized spacial score (nSPS) is 20.5. The van der Waals surface area contributed by atoms with Crippen LogP contribution < -0.4 is 0 Å². The number of rotatable bonds is 3. The maximum absolute atomic E-state index is 13.4. The van der Waals surface area contributed by atoms with Crippen molar-refractivity contribution in [3.8, 4) is 0 Å². The Balaban J connectivity index is 2.03. The highest BCUT2D eigenvalue weighted by Gasteiger charge is 2.37. The van der Waals surface area contributed by atoms with Crippen LogP contribution in [0.25, 0.3) is 0 Å². The van der Waals surface area contributed by atoms with E-state index < -0.39 is 10.0 Å². The molecule has 2 aliphatic heterocycles. The minimum atomic E-state index is -3.69. The fourth-order valence-corrected chi connectivity index (χ4v) is 5.80. The maximum atomic E-state index is 13.4. The minimum Gasteiger partial charge on any atom is -0.350 e. The third-order valence-electron chi connectivity index (χ3n) is 5.84. The molecule has 2 fully saturated rings. The van der Waals surface area contributed by atoms with Crippen LogP contribution in [-0.2, 0) is 17.1 Å². The molecule has 0 saturated carbocycles. The molecule has 1 aromatic heterocycles. The molecule has 0 aromatic carbocycles. The largest absolute Gasteiger partial charge is 0.350 e. The molecular weight excluding hydrogens is 352 g/mol. The van der Waals surface area contributed by atoms with Crippen LogP contribution in [0, 0.1) is 13.8 Å². The van der Waals surface area contributed by atoms with E-state index in [1.807, 2.05) is 30.5 Å². The van der Waals surface area contributed by atoms with Crippen LogP contribution in [0.4, 0.5) is 0 Å². The molecule has 7 nitrogen and oxygen atoms in total. The molecule has 3 heterocycles. The van der Waals surface area contributed by atoms with Gasteiger partial charge in [-0.1, -0.05) is 0 Å². The Hall–Kier alpha value is -1.38. The summed E-state index contributed by atoms with van der Waals surface area (Å²) in [5, 5.41) is 0. The van der Waals surface area contributed by atoms with Crippen molar-refractivity contribution >= 4 is 15.9 Å². The number of likely N-dealkylation sites (tertiary alicyclic amines) is 1. The van der Waals surface area contributed by atoms with E-state index in [0.29, 0.717) is 50.5 Å². The molecule has 1 amide bonds. The molecule has 146 valence electrons. The molecule has 3 rings (SSSR count). The first-order valence-electron chi connectivity index (χ1n) is 9.39. The van der Waals surface area contributed by atoms with Gasteiger partial charge in [-0.3, -0.25) is 4.79 Å². The SMILES string of the molecule is Cc1c(C(=O)N2CCCCC2)c(S(=O)(=O)N2CCN(C)CC2)c(C)n1C. The predicted molar refractivity (Wildman–Crippen MR) is 101 cm³/mol. The van der Waals surface area contributed by atoms with Crippen molar-refractivity contribution in [2.75, 3.05) is 46.3 Å². The van der Waals surface area contributed by atoms with Gasteiger partial charge in [0.05, 0.1) is 5.56 Å². The lowest BCUT2D eigenvalue weighted by Crippen LogP contribution is -2.47. The van der Waals surface area contributed by atoms with Gasteiger partial charge in [0, 0.05) is 57.7 Å². The number of aromatic nitrogens is 1. The summed E-state index contributed by atoms with van der Waals surface area (Å²) in [6.07, 6.45) is 3.09. The summed E-state index contributed by atoms with van der Waals surface area (Å²) >= 11 is 0. The van der Waals surface area contributed by atoms with Gasteiger partial charge >= 0.3 is 0 Å². The molecule has 0 aliphatic carbocycles. The Morgan fingerprint density at radius 1 is 0.846 bits per heavy atom. The van der Waals surface area contributed by atoms with E-state index in [9.17, 15) is 13.2 Å². The number of piperazine rings is 1. The van der Waals surface area contributed by atoms with Gasteiger partial charge in [-0.05, 0) is 40.2 Å². The number of amides is 1. The Labute approximate surface area is 156 Å². The molecule has 0 atom stereocenters. The second-order valence-electron chi connectivity index (χ2n) is 7.49. The van der Waals surface area contributed by atoms with E-state index in [1.165, 1.54) is 4.31 Å². The second kappa shape index (κ2) is 7.32. The molecule has 0 N–H and O–H groups in total. The first-order valence-corrected chi connectivity index (χ1v) is 10.8. The van der Waals surface area contributed by atoms with Crippen molar-refractivity contribution < 1.29 is 13.2 Å². The smallest absolute Gasteiger partial charge is 0.257 e. The van der Waals surface area contributed by atoms with Crippen molar-refractivity contribution in [2.45, 2.75) is 38.0 Å². The number of hydrogen-bond acceptors (Lipinski definition) is 4. The fourth-order valence-electron chi connectivity index (χ4n) is 3.90. The molecule has 0 spiro atoms. The fraction of sp³-hybridized carbons (Fsp3) is 0.722. The van der Waals surface area contributed by atoms with E-state index in [1.54, 1.807) is 6.92 Å². The van der Waals surface area contributed by atoms with Crippen LogP contribution in [0.15, 0.2) is 4.90 Å². The van der Waals surface area contributed by atoms with Gasteiger partial charge in [0.25, 0.3) is 5.91 Å². The summed E-state index contributed by atoms with van der Waals surface area (Å²) in [5.41, 5.74) is 1.73. The third-order valence-corrected chi connectivity index (χ3v) is 7.90. The lowest BCUT2D eigenvalue weighted by atomic mass is 10.1. The molecule has 0 radical (unpaired) electrons. The summed E-state index contributed by atoms with van der Waals surface area (Å²) in [5.74, 6) is -0.140. The zero-order valence-electron chi connectivity index (χ0n) is 16.3. The number of carbonyl (C=O) groups is 1. The van der Waals surface area contributed by atoms with E-state index >= 15 is 0 Å². The van der Waals surface area contributed by atoms with Crippen molar-refractivity contribution in [3.05, 3.63) is 17.0 Å². The van der Waals surface area contributed by atoms with E-state index in [-0.39, 0.29) is 10.8 Å². The highest BCUT2D eigenvalue weighted by atomic mass is 32.2. The summed E-state index contributed by atoms with van der Waals surface area (Å²) < 4.78 is 30.2. The number of likely N-dealkylation sites (N-methyl/N-ethyl adjacent to an activating group) is 1. The van der Waals surface area contributed by atoms with Gasteiger partial charge in [0.15, 0.2) is 0 Å². The minimum absolute atomic E-state index is 0.140. The van der Waals surface area contributed by atoms with Gasteiger partial charge < -0.3 is 14.4 Å². The molecule has 1 aromatic rings. The van der Waals surface area contributed by atoms with Crippen molar-refractivity contribution in [1.29, 1.82) is 0 Å². The van der Waals surface area contributed by atoms with Gasteiger partial charge in [0.1, 0.15) is 4.90 Å². The second-order valence-corrected chi connectivity index (χ2v) is 9.37. The Morgan fingerprint density at radius 3 is 2.00 bits per heavy atom. The average molecular weight is 383 g/mol. The topological polar surface area (TPSA) is 65.9 Å². The molecule has 2 saturated heterocycles. The standard InChI is InChI=1S/C18H30N4O3S/c1-14-16(18(23)21-8-6-5-7-9-21)17(15(2)20(14)4)26(24,25)22-12-10-19(3)11-13-22/h5-13H2,1-4H3. The monoisotopic (exact) mass is 382 g/mol. The van der Waals surface area contributed by atoms with Crippen LogP contribution in [0.1, 0.15) is 41.0 Å². The van der Waals surface area contributed by atoms with Crippen LogP contribution in [0.5, 0.6) is 0 Å². The van der Waals surface area contributed by atoms with Gasteiger partial charge in [-0.25, -0.2) is 8.42 Å². The molecule has 0 unspecified atom stereocenters. The summed E-state index contributed by atoms with van der Waals surface area (Å²) in [4.78, 5) is 17.3. The molecular formula is C18H30N4O3S. The van der Waals surface area contributed by atoms with Crippen molar-refractivity contribution in [1.82, 2.24) is 18.7 Å². The molecule has 26 heavy (non-hydrogen) atoms. The van der Waals surface area contributed by atoms with E-state index in [2.05, 4.69) is 4.90 Å². The number of hydrogen-bond donors (Lipinski definition) is 0. The Kier molecular flexibility index (Phi) is 5.46. The predicted octanol–water partition coefficient (Wildman–Crippen LogP) is 1.20. The highest BCUT2D eigenvalue weighted by Crippen LogP contribution is 2.31. The molecule has 0 bridgehead atoms. The van der Waals surface area contributed by atoms with Crippen LogP contribution in [-0.4, -0.2) is 79.3 Å². The zero-order chi connectivity index (χ0) is 19.1. The number of piperidine rings is 1. The number of nitrogens with zero attached hydrogens (tertiary/aromatic N) is 4. The van der Waals surface area contributed by atoms with Gasteiger partial charge in [0.2, 0.25) is 10.0 Å². The zero-order valence-corrected chi connectivity index (χ0v) is 17.1. The molecule has 8 heteroatoms.